The minimum Gasteiger partial charge on any atom is -0.369 e. The van der Waals surface area contributed by atoms with Crippen LogP contribution in [-0.4, -0.2) is 61.5 Å². The summed E-state index contributed by atoms with van der Waals surface area (Å²) in [7, 11) is 0. The number of ketones is 1. The van der Waals surface area contributed by atoms with E-state index in [2.05, 4.69) is 59.1 Å². The van der Waals surface area contributed by atoms with Crippen LogP contribution in [-0.2, 0) is 5.41 Å². The molecule has 6 rings (SSSR count). The molecule has 6 nitrogen and oxygen atoms in total. The van der Waals surface area contributed by atoms with Crippen molar-refractivity contribution in [2.24, 2.45) is 5.92 Å². The maximum absolute atomic E-state index is 13.7. The van der Waals surface area contributed by atoms with Crippen molar-refractivity contribution in [3.8, 4) is 6.07 Å². The van der Waals surface area contributed by atoms with E-state index in [1.807, 2.05) is 12.1 Å². The number of rotatable bonds is 3. The number of hydrogen-bond donors (Lipinski definition) is 2. The number of nitrogens with zero attached hydrogens (tertiary/aromatic N) is 3. The number of hydrogen-bond acceptors (Lipinski definition) is 5. The molecule has 0 unspecified atom stereocenters. The predicted octanol–water partition coefficient (Wildman–Crippen LogP) is 3.56. The zero-order valence-electron chi connectivity index (χ0n) is 20.2. The highest BCUT2D eigenvalue weighted by atomic mass is 16.1. The molecule has 0 saturated carbocycles. The zero-order chi connectivity index (χ0) is 23.6. The van der Waals surface area contributed by atoms with Crippen molar-refractivity contribution in [2.45, 2.75) is 26.2 Å². The van der Waals surface area contributed by atoms with Crippen LogP contribution in [0.25, 0.3) is 10.9 Å². The Balaban J connectivity index is 1.35. The van der Waals surface area contributed by atoms with Crippen LogP contribution < -0.4 is 10.2 Å². The van der Waals surface area contributed by atoms with Gasteiger partial charge in [0, 0.05) is 79.1 Å². The summed E-state index contributed by atoms with van der Waals surface area (Å²) < 4.78 is 0. The number of nitriles is 1. The summed E-state index contributed by atoms with van der Waals surface area (Å²) >= 11 is 0. The number of fused-ring (bicyclic) bond motifs is 4. The van der Waals surface area contributed by atoms with Gasteiger partial charge in [-0.3, -0.25) is 9.69 Å². The predicted molar refractivity (Wildman–Crippen MR) is 135 cm³/mol. The smallest absolute Gasteiger partial charge is 0.195 e. The zero-order valence-corrected chi connectivity index (χ0v) is 20.2. The van der Waals surface area contributed by atoms with Gasteiger partial charge in [0.25, 0.3) is 0 Å². The number of nitrogens with one attached hydrogen (secondary N) is 2. The summed E-state index contributed by atoms with van der Waals surface area (Å²) in [5.41, 5.74) is 7.11. The molecular weight excluding hydrogens is 422 g/mol. The number of piperazine rings is 1. The molecule has 2 aromatic carbocycles. The second kappa shape index (κ2) is 7.69. The van der Waals surface area contributed by atoms with Gasteiger partial charge in [0.1, 0.15) is 0 Å². The number of aromatic amines is 1. The van der Waals surface area contributed by atoms with Gasteiger partial charge in [0.05, 0.1) is 17.2 Å². The molecule has 2 aliphatic heterocycles. The molecule has 2 saturated heterocycles. The van der Waals surface area contributed by atoms with Crippen LogP contribution in [0.4, 0.5) is 5.69 Å². The average Bonchev–Trinajstić information content (AvgIpc) is 3.20. The van der Waals surface area contributed by atoms with E-state index >= 15 is 0 Å². The summed E-state index contributed by atoms with van der Waals surface area (Å²) in [5.74, 6) is 0.882. The summed E-state index contributed by atoms with van der Waals surface area (Å²) in [6, 6.07) is 12.1. The minimum absolute atomic E-state index is 0.0776. The van der Waals surface area contributed by atoms with Gasteiger partial charge < -0.3 is 15.2 Å². The molecular formula is C28H31N5O. The van der Waals surface area contributed by atoms with Crippen molar-refractivity contribution in [2.75, 3.05) is 50.7 Å². The Morgan fingerprint density at radius 1 is 1.12 bits per heavy atom. The summed E-state index contributed by atoms with van der Waals surface area (Å²) in [5, 5.41) is 13.6. The maximum Gasteiger partial charge on any atom is 0.195 e. The Morgan fingerprint density at radius 3 is 2.56 bits per heavy atom. The Hall–Kier alpha value is -3.14. The van der Waals surface area contributed by atoms with Crippen LogP contribution in [0.5, 0.6) is 0 Å². The lowest BCUT2D eigenvalue weighted by Gasteiger charge is -2.41. The normalized spacial score (nSPS) is 20.1. The van der Waals surface area contributed by atoms with Crippen LogP contribution >= 0.6 is 0 Å². The van der Waals surface area contributed by atoms with Crippen LogP contribution in [0.2, 0.25) is 0 Å². The second-order valence-electron chi connectivity index (χ2n) is 10.7. The van der Waals surface area contributed by atoms with E-state index in [0.29, 0.717) is 5.56 Å². The van der Waals surface area contributed by atoms with E-state index in [1.165, 1.54) is 12.2 Å². The van der Waals surface area contributed by atoms with E-state index < -0.39 is 0 Å². The molecule has 1 aromatic heterocycles. The average molecular weight is 454 g/mol. The highest BCUT2D eigenvalue weighted by Gasteiger charge is 2.40. The monoisotopic (exact) mass is 453 g/mol. The Labute approximate surface area is 200 Å². The molecule has 0 atom stereocenters. The largest absolute Gasteiger partial charge is 0.369 e. The number of carbonyl (C=O) groups is 1. The molecule has 34 heavy (non-hydrogen) atoms. The van der Waals surface area contributed by atoms with Crippen molar-refractivity contribution in [3.05, 3.63) is 63.8 Å². The molecule has 174 valence electrons. The van der Waals surface area contributed by atoms with E-state index in [0.717, 1.165) is 84.0 Å². The summed E-state index contributed by atoms with van der Waals surface area (Å²) in [4.78, 5) is 22.3. The summed E-state index contributed by atoms with van der Waals surface area (Å²) in [6.45, 7) is 14.2. The van der Waals surface area contributed by atoms with E-state index in [9.17, 15) is 10.1 Å². The van der Waals surface area contributed by atoms with Gasteiger partial charge in [-0.25, -0.2) is 0 Å². The van der Waals surface area contributed by atoms with Crippen LogP contribution in [0.3, 0.4) is 0 Å². The third-order valence-corrected chi connectivity index (χ3v) is 8.13. The minimum atomic E-state index is -0.341. The molecule has 0 radical (unpaired) electrons. The van der Waals surface area contributed by atoms with Crippen LogP contribution in [0.15, 0.2) is 30.3 Å². The summed E-state index contributed by atoms with van der Waals surface area (Å²) in [6.07, 6.45) is 0. The first-order valence-corrected chi connectivity index (χ1v) is 12.3. The highest BCUT2D eigenvalue weighted by Crippen LogP contribution is 2.45. The lowest BCUT2D eigenvalue weighted by atomic mass is 9.70. The number of carbonyl (C=O) groups excluding carboxylic acids is 1. The molecule has 3 heterocycles. The fraction of sp³-hybridized carbons (Fsp3) is 0.429. The van der Waals surface area contributed by atoms with Crippen molar-refractivity contribution in [1.82, 2.24) is 15.2 Å². The van der Waals surface area contributed by atoms with Crippen LogP contribution in [0, 0.1) is 24.2 Å². The SMILES string of the molecule is Cc1cc2c(cc1N1CCN(CC3CNC3)CC1)C(C)(C)c1[nH]c3cc(C#N)ccc3c1C2=O. The molecule has 0 spiro atoms. The third-order valence-electron chi connectivity index (χ3n) is 8.13. The van der Waals surface area contributed by atoms with Crippen molar-refractivity contribution in [3.63, 3.8) is 0 Å². The molecule has 2 fully saturated rings. The lowest BCUT2D eigenvalue weighted by Crippen LogP contribution is -2.53. The number of aromatic nitrogens is 1. The Bertz CT molecular complexity index is 1350. The Morgan fingerprint density at radius 2 is 1.88 bits per heavy atom. The first kappa shape index (κ1) is 21.4. The number of H-pyrrole nitrogens is 1. The van der Waals surface area contributed by atoms with Gasteiger partial charge in [-0.05, 0) is 48.2 Å². The number of aryl methyl sites for hydroxylation is 1. The molecule has 0 amide bonds. The number of benzene rings is 2. The van der Waals surface area contributed by atoms with Gasteiger partial charge in [-0.2, -0.15) is 5.26 Å². The second-order valence-corrected chi connectivity index (χ2v) is 10.7. The molecule has 0 bridgehead atoms. The van der Waals surface area contributed by atoms with Crippen molar-refractivity contribution < 1.29 is 4.79 Å². The molecule has 3 aliphatic rings. The molecule has 6 heteroatoms. The number of anilines is 1. The molecule has 1 aliphatic carbocycles. The standard InChI is InChI=1S/C28H31N5O/c1-17-10-21-22(12-24(17)33-8-6-32(7-9-33)16-19-14-30-15-19)28(2,3)27-25(26(21)34)20-5-4-18(13-29)11-23(20)31-27/h4-5,10-12,19,30-31H,6-9,14-16H2,1-3H3. The first-order valence-electron chi connectivity index (χ1n) is 12.3. The van der Waals surface area contributed by atoms with Crippen molar-refractivity contribution >= 4 is 22.4 Å². The first-order chi connectivity index (χ1) is 16.4. The van der Waals surface area contributed by atoms with Crippen molar-refractivity contribution in [1.29, 1.82) is 5.26 Å². The van der Waals surface area contributed by atoms with Gasteiger partial charge in [0.15, 0.2) is 5.78 Å². The van der Waals surface area contributed by atoms with E-state index in [4.69, 9.17) is 0 Å². The molecule has 3 aromatic rings. The maximum atomic E-state index is 13.7. The highest BCUT2D eigenvalue weighted by molar-refractivity contribution is 6.20. The van der Waals surface area contributed by atoms with E-state index in [1.54, 1.807) is 6.07 Å². The van der Waals surface area contributed by atoms with Gasteiger partial charge in [-0.1, -0.05) is 19.9 Å². The van der Waals surface area contributed by atoms with Gasteiger partial charge in [-0.15, -0.1) is 0 Å². The fourth-order valence-corrected chi connectivity index (χ4v) is 6.00. The Kier molecular flexibility index (Phi) is 4.84. The molecule has 2 N–H and O–H groups in total. The quantitative estimate of drug-likeness (QED) is 0.634. The third kappa shape index (κ3) is 3.19. The van der Waals surface area contributed by atoms with E-state index in [-0.39, 0.29) is 11.2 Å². The topological polar surface area (TPSA) is 75.2 Å². The fourth-order valence-electron chi connectivity index (χ4n) is 6.00. The van der Waals surface area contributed by atoms with Crippen LogP contribution in [0.1, 0.15) is 52.2 Å². The lowest BCUT2D eigenvalue weighted by molar-refractivity contribution is 0.103. The van der Waals surface area contributed by atoms with Gasteiger partial charge in [0.2, 0.25) is 0 Å². The van der Waals surface area contributed by atoms with Gasteiger partial charge >= 0.3 is 0 Å².